The van der Waals surface area contributed by atoms with Crippen LogP contribution in [-0.2, 0) is 0 Å². The maximum atomic E-state index is 9.49. The SMILES string of the molecule is Oc1ccc(/C=N/N=C/c2ccccc2O)cc1. The Morgan fingerprint density at radius 1 is 0.778 bits per heavy atom. The normalized spacial score (nSPS) is 11.3. The molecule has 0 aromatic heterocycles. The number of hydrogen-bond acceptors (Lipinski definition) is 4. The van der Waals surface area contributed by atoms with Gasteiger partial charge in [-0.05, 0) is 42.0 Å². The van der Waals surface area contributed by atoms with Crippen molar-refractivity contribution in [1.82, 2.24) is 0 Å². The topological polar surface area (TPSA) is 65.2 Å². The van der Waals surface area contributed by atoms with Gasteiger partial charge in [-0.15, -0.1) is 0 Å². The highest BCUT2D eigenvalue weighted by Crippen LogP contribution is 2.12. The summed E-state index contributed by atoms with van der Waals surface area (Å²) in [6, 6.07) is 13.5. The van der Waals surface area contributed by atoms with Gasteiger partial charge in [-0.25, -0.2) is 0 Å². The van der Waals surface area contributed by atoms with Crippen molar-refractivity contribution in [1.29, 1.82) is 0 Å². The molecule has 2 aromatic rings. The van der Waals surface area contributed by atoms with E-state index in [0.717, 1.165) is 5.56 Å². The van der Waals surface area contributed by atoms with Crippen molar-refractivity contribution in [2.45, 2.75) is 0 Å². The lowest BCUT2D eigenvalue weighted by Gasteiger charge is -1.94. The molecule has 4 heteroatoms. The van der Waals surface area contributed by atoms with Crippen molar-refractivity contribution < 1.29 is 10.2 Å². The first-order valence-corrected chi connectivity index (χ1v) is 5.39. The summed E-state index contributed by atoms with van der Waals surface area (Å²) in [5.41, 5.74) is 1.45. The summed E-state index contributed by atoms with van der Waals surface area (Å²) >= 11 is 0. The quantitative estimate of drug-likeness (QED) is 0.639. The van der Waals surface area contributed by atoms with Gasteiger partial charge in [0.05, 0.1) is 12.4 Å². The minimum atomic E-state index is 0.168. The molecule has 0 atom stereocenters. The van der Waals surface area contributed by atoms with Gasteiger partial charge in [0.15, 0.2) is 0 Å². The average Bonchev–Trinajstić information content (AvgIpc) is 2.39. The fourth-order valence-corrected chi connectivity index (χ4v) is 1.35. The van der Waals surface area contributed by atoms with E-state index in [9.17, 15) is 5.11 Å². The van der Waals surface area contributed by atoms with Crippen LogP contribution < -0.4 is 0 Å². The molecular weight excluding hydrogens is 228 g/mol. The summed E-state index contributed by atoms with van der Waals surface area (Å²) in [7, 11) is 0. The highest BCUT2D eigenvalue weighted by molar-refractivity contribution is 5.84. The lowest BCUT2D eigenvalue weighted by atomic mass is 10.2. The first kappa shape index (κ1) is 11.9. The van der Waals surface area contributed by atoms with E-state index in [2.05, 4.69) is 10.2 Å². The zero-order valence-electron chi connectivity index (χ0n) is 9.56. The molecule has 0 spiro atoms. The van der Waals surface area contributed by atoms with Gasteiger partial charge in [-0.3, -0.25) is 0 Å². The second-order valence-electron chi connectivity index (χ2n) is 3.64. The van der Waals surface area contributed by atoms with Crippen LogP contribution in [0.25, 0.3) is 0 Å². The molecule has 0 radical (unpaired) electrons. The Morgan fingerprint density at radius 2 is 1.44 bits per heavy atom. The second kappa shape index (κ2) is 5.63. The van der Waals surface area contributed by atoms with Crippen molar-refractivity contribution in [3.8, 4) is 11.5 Å². The monoisotopic (exact) mass is 240 g/mol. The van der Waals surface area contributed by atoms with Gasteiger partial charge < -0.3 is 10.2 Å². The Hall–Kier alpha value is -2.62. The molecule has 0 bridgehead atoms. The van der Waals surface area contributed by atoms with Crippen LogP contribution in [0.3, 0.4) is 0 Å². The van der Waals surface area contributed by atoms with Gasteiger partial charge in [-0.1, -0.05) is 12.1 Å². The summed E-state index contributed by atoms with van der Waals surface area (Å²) in [6.45, 7) is 0. The molecular formula is C14H12N2O2. The van der Waals surface area contributed by atoms with Crippen molar-refractivity contribution >= 4 is 12.4 Å². The summed E-state index contributed by atoms with van der Waals surface area (Å²) in [6.07, 6.45) is 3.04. The van der Waals surface area contributed by atoms with Crippen LogP contribution in [0.15, 0.2) is 58.7 Å². The van der Waals surface area contributed by atoms with Crippen LogP contribution in [0.5, 0.6) is 11.5 Å². The van der Waals surface area contributed by atoms with Crippen LogP contribution in [0, 0.1) is 0 Å². The lowest BCUT2D eigenvalue weighted by molar-refractivity contribution is 0.474. The average molecular weight is 240 g/mol. The predicted molar refractivity (Wildman–Crippen MR) is 71.4 cm³/mol. The number of benzene rings is 2. The zero-order chi connectivity index (χ0) is 12.8. The highest BCUT2D eigenvalue weighted by Gasteiger charge is 1.93. The van der Waals surface area contributed by atoms with Crippen LogP contribution in [0.2, 0.25) is 0 Å². The number of nitrogens with zero attached hydrogens (tertiary/aromatic N) is 2. The van der Waals surface area contributed by atoms with E-state index < -0.39 is 0 Å². The van der Waals surface area contributed by atoms with E-state index in [1.807, 2.05) is 6.07 Å². The molecule has 2 aromatic carbocycles. The summed E-state index contributed by atoms with van der Waals surface area (Å²) in [5, 5.41) is 26.3. The molecule has 0 saturated heterocycles. The van der Waals surface area contributed by atoms with Gasteiger partial charge in [0.2, 0.25) is 0 Å². The summed E-state index contributed by atoms with van der Waals surface area (Å²) in [4.78, 5) is 0. The standard InChI is InChI=1S/C14H12N2O2/c17-13-7-5-11(6-8-13)9-15-16-10-12-3-1-2-4-14(12)18/h1-10,17-18H/b15-9+,16-10+. The van der Waals surface area contributed by atoms with Gasteiger partial charge in [0.25, 0.3) is 0 Å². The van der Waals surface area contributed by atoms with E-state index in [4.69, 9.17) is 5.11 Å². The van der Waals surface area contributed by atoms with E-state index in [1.54, 1.807) is 48.7 Å². The Morgan fingerprint density at radius 3 is 2.17 bits per heavy atom. The number of hydrogen-bond donors (Lipinski definition) is 2. The molecule has 0 saturated carbocycles. The Bertz CT molecular complexity index is 575. The van der Waals surface area contributed by atoms with Crippen molar-refractivity contribution in [2.75, 3.05) is 0 Å². The second-order valence-corrected chi connectivity index (χ2v) is 3.64. The summed E-state index contributed by atoms with van der Waals surface area (Å²) < 4.78 is 0. The Balaban J connectivity index is 2.03. The first-order chi connectivity index (χ1) is 8.75. The van der Waals surface area contributed by atoms with Gasteiger partial charge in [0, 0.05) is 5.56 Å². The fourth-order valence-electron chi connectivity index (χ4n) is 1.35. The van der Waals surface area contributed by atoms with E-state index in [1.165, 1.54) is 6.21 Å². The molecule has 0 aliphatic heterocycles. The minimum Gasteiger partial charge on any atom is -0.508 e. The third-order valence-corrected chi connectivity index (χ3v) is 2.30. The molecule has 90 valence electrons. The minimum absolute atomic E-state index is 0.168. The van der Waals surface area contributed by atoms with Crippen molar-refractivity contribution in [3.63, 3.8) is 0 Å². The van der Waals surface area contributed by atoms with Crippen LogP contribution in [0.1, 0.15) is 11.1 Å². The number of rotatable bonds is 3. The predicted octanol–water partition coefficient (Wildman–Crippen LogP) is 2.55. The van der Waals surface area contributed by atoms with Gasteiger partial charge in [0.1, 0.15) is 11.5 Å². The zero-order valence-corrected chi connectivity index (χ0v) is 9.56. The fraction of sp³-hybridized carbons (Fsp3) is 0. The highest BCUT2D eigenvalue weighted by atomic mass is 16.3. The third kappa shape index (κ3) is 3.18. The van der Waals surface area contributed by atoms with Gasteiger partial charge in [-0.2, -0.15) is 10.2 Å². The molecule has 2 N–H and O–H groups in total. The third-order valence-electron chi connectivity index (χ3n) is 2.30. The Labute approximate surface area is 105 Å². The van der Waals surface area contributed by atoms with Crippen LogP contribution >= 0.6 is 0 Å². The lowest BCUT2D eigenvalue weighted by Crippen LogP contribution is -1.81. The number of para-hydroxylation sites is 1. The molecule has 0 amide bonds. The van der Waals surface area contributed by atoms with Gasteiger partial charge >= 0.3 is 0 Å². The number of phenolic OH excluding ortho intramolecular Hbond substituents is 2. The van der Waals surface area contributed by atoms with Crippen LogP contribution in [0.4, 0.5) is 0 Å². The van der Waals surface area contributed by atoms with Crippen molar-refractivity contribution in [3.05, 3.63) is 59.7 Å². The molecule has 0 aliphatic rings. The molecule has 2 rings (SSSR count). The smallest absolute Gasteiger partial charge is 0.124 e. The number of phenols is 2. The summed E-state index contributed by atoms with van der Waals surface area (Å²) in [5.74, 6) is 0.381. The molecule has 0 unspecified atom stereocenters. The number of aromatic hydroxyl groups is 2. The molecule has 4 nitrogen and oxygen atoms in total. The molecule has 18 heavy (non-hydrogen) atoms. The van der Waals surface area contributed by atoms with E-state index in [0.29, 0.717) is 5.56 Å². The van der Waals surface area contributed by atoms with E-state index in [-0.39, 0.29) is 11.5 Å². The first-order valence-electron chi connectivity index (χ1n) is 5.39. The van der Waals surface area contributed by atoms with E-state index >= 15 is 0 Å². The maximum absolute atomic E-state index is 9.49. The molecule has 0 aliphatic carbocycles. The molecule has 0 heterocycles. The maximum Gasteiger partial charge on any atom is 0.124 e. The largest absolute Gasteiger partial charge is 0.508 e. The van der Waals surface area contributed by atoms with Crippen LogP contribution in [-0.4, -0.2) is 22.6 Å². The molecule has 0 fully saturated rings. The van der Waals surface area contributed by atoms with Crippen molar-refractivity contribution in [2.24, 2.45) is 10.2 Å². The Kier molecular flexibility index (Phi) is 3.71.